The molecule has 2 atom stereocenters. The topological polar surface area (TPSA) is 39.1 Å². The maximum absolute atomic E-state index is 5.97. The van der Waals surface area contributed by atoms with Gasteiger partial charge in [0.05, 0.1) is 22.0 Å². The molecule has 1 aromatic heterocycles. The molecule has 1 aromatic rings. The molecule has 114 valence electrons. The van der Waals surface area contributed by atoms with Crippen LogP contribution in [0.2, 0.25) is 0 Å². The Hall–Kier alpha value is -0.390. The zero-order valence-corrected chi connectivity index (χ0v) is 14.4. The van der Waals surface area contributed by atoms with E-state index >= 15 is 0 Å². The van der Waals surface area contributed by atoms with Gasteiger partial charge in [0.2, 0.25) is 0 Å². The van der Waals surface area contributed by atoms with Crippen LogP contribution in [0.5, 0.6) is 0 Å². The number of halogens is 1. The molecule has 0 bridgehead atoms. The highest BCUT2D eigenvalue weighted by molar-refractivity contribution is 9.10. The van der Waals surface area contributed by atoms with E-state index in [9.17, 15) is 0 Å². The molecule has 0 radical (unpaired) electrons. The summed E-state index contributed by atoms with van der Waals surface area (Å²) in [6.07, 6.45) is 5.89. The second-order valence-corrected chi connectivity index (χ2v) is 6.25. The first-order valence-electron chi connectivity index (χ1n) is 7.72. The highest BCUT2D eigenvalue weighted by Gasteiger charge is 2.26. The van der Waals surface area contributed by atoms with E-state index in [1.54, 1.807) is 0 Å². The first-order chi connectivity index (χ1) is 9.67. The van der Waals surface area contributed by atoms with Crippen molar-refractivity contribution in [1.29, 1.82) is 0 Å². The van der Waals surface area contributed by atoms with Crippen LogP contribution < -0.4 is 5.32 Å². The van der Waals surface area contributed by atoms with Crippen LogP contribution in [0.25, 0.3) is 0 Å². The molecule has 0 aliphatic carbocycles. The van der Waals surface area contributed by atoms with Gasteiger partial charge in [-0.1, -0.05) is 13.8 Å². The highest BCUT2D eigenvalue weighted by Crippen LogP contribution is 2.25. The van der Waals surface area contributed by atoms with Crippen molar-refractivity contribution < 1.29 is 4.74 Å². The molecule has 5 heteroatoms. The Morgan fingerprint density at radius 1 is 1.45 bits per heavy atom. The highest BCUT2D eigenvalue weighted by atomic mass is 79.9. The predicted octanol–water partition coefficient (Wildman–Crippen LogP) is 2.83. The van der Waals surface area contributed by atoms with E-state index in [4.69, 9.17) is 4.74 Å². The second-order valence-electron chi connectivity index (χ2n) is 5.46. The summed E-state index contributed by atoms with van der Waals surface area (Å²) in [6, 6.07) is 0.372. The fourth-order valence-corrected chi connectivity index (χ4v) is 3.71. The van der Waals surface area contributed by atoms with Gasteiger partial charge in [-0.25, -0.2) is 0 Å². The van der Waals surface area contributed by atoms with E-state index in [1.165, 1.54) is 23.0 Å². The van der Waals surface area contributed by atoms with Gasteiger partial charge < -0.3 is 10.1 Å². The molecule has 2 unspecified atom stereocenters. The van der Waals surface area contributed by atoms with Crippen LogP contribution >= 0.6 is 15.9 Å². The molecule has 0 aromatic carbocycles. The van der Waals surface area contributed by atoms with E-state index < -0.39 is 0 Å². The van der Waals surface area contributed by atoms with Crippen molar-refractivity contribution in [2.45, 2.75) is 58.1 Å². The maximum Gasteiger partial charge on any atom is 0.0766 e. The largest absolute Gasteiger partial charge is 0.377 e. The number of ether oxygens (including phenoxy) is 1. The van der Waals surface area contributed by atoms with Gasteiger partial charge in [-0.05, 0) is 48.2 Å². The minimum atomic E-state index is 0.329. The minimum Gasteiger partial charge on any atom is -0.377 e. The Kier molecular flexibility index (Phi) is 6.05. The van der Waals surface area contributed by atoms with Crippen molar-refractivity contribution in [3.05, 3.63) is 15.9 Å². The zero-order chi connectivity index (χ0) is 14.5. The third-order valence-corrected chi connectivity index (χ3v) is 4.96. The van der Waals surface area contributed by atoms with Crippen molar-refractivity contribution in [2.75, 3.05) is 13.2 Å². The van der Waals surface area contributed by atoms with Gasteiger partial charge in [-0.3, -0.25) is 4.68 Å². The first-order valence-corrected chi connectivity index (χ1v) is 8.51. The van der Waals surface area contributed by atoms with Gasteiger partial charge in [-0.15, -0.1) is 0 Å². The molecule has 1 saturated heterocycles. The molecule has 2 heterocycles. The summed E-state index contributed by atoms with van der Waals surface area (Å²) in [7, 11) is 2.03. The van der Waals surface area contributed by atoms with Crippen molar-refractivity contribution >= 4 is 15.9 Å². The lowest BCUT2D eigenvalue weighted by Gasteiger charge is -2.31. The smallest absolute Gasteiger partial charge is 0.0766 e. The fourth-order valence-electron chi connectivity index (χ4n) is 2.93. The lowest BCUT2D eigenvalue weighted by molar-refractivity contribution is -0.00745. The van der Waals surface area contributed by atoms with Gasteiger partial charge in [-0.2, -0.15) is 5.10 Å². The summed E-state index contributed by atoms with van der Waals surface area (Å²) in [5, 5.41) is 8.18. The number of nitrogens with zero attached hydrogens (tertiary/aromatic N) is 2. The number of likely N-dealkylation sites (N-methyl/N-ethyl adjacent to an activating group) is 1. The zero-order valence-electron chi connectivity index (χ0n) is 12.8. The van der Waals surface area contributed by atoms with E-state index in [1.807, 2.05) is 11.7 Å². The van der Waals surface area contributed by atoms with Gasteiger partial charge >= 0.3 is 0 Å². The fraction of sp³-hybridized carbons (Fsp3) is 0.800. The van der Waals surface area contributed by atoms with Crippen LogP contribution in [0, 0.1) is 0 Å². The van der Waals surface area contributed by atoms with Gasteiger partial charge in [0.15, 0.2) is 0 Å². The average Bonchev–Trinajstić information content (AvgIpc) is 2.75. The maximum atomic E-state index is 5.97. The number of rotatable bonds is 6. The van der Waals surface area contributed by atoms with Gasteiger partial charge in [0.25, 0.3) is 0 Å². The van der Waals surface area contributed by atoms with Crippen LogP contribution in [0.4, 0.5) is 0 Å². The number of aromatic nitrogens is 2. The van der Waals surface area contributed by atoms with Gasteiger partial charge in [0, 0.05) is 26.1 Å². The van der Waals surface area contributed by atoms with Crippen LogP contribution in [0.1, 0.15) is 44.5 Å². The van der Waals surface area contributed by atoms with E-state index in [0.29, 0.717) is 12.1 Å². The normalized spacial score (nSPS) is 21.1. The molecular formula is C15H26BrN3O. The van der Waals surface area contributed by atoms with Crippen molar-refractivity contribution in [3.8, 4) is 0 Å². The Balaban J connectivity index is 2.12. The lowest BCUT2D eigenvalue weighted by Crippen LogP contribution is -2.44. The van der Waals surface area contributed by atoms with E-state index in [-0.39, 0.29) is 0 Å². The summed E-state index contributed by atoms with van der Waals surface area (Å²) in [6.45, 7) is 6.18. The molecule has 20 heavy (non-hydrogen) atoms. The number of aryl methyl sites for hydroxylation is 2. The van der Waals surface area contributed by atoms with Crippen LogP contribution in [0.3, 0.4) is 0 Å². The van der Waals surface area contributed by atoms with E-state index in [2.05, 4.69) is 40.2 Å². The summed E-state index contributed by atoms with van der Waals surface area (Å²) < 4.78 is 9.15. The molecule has 0 amide bonds. The quantitative estimate of drug-likeness (QED) is 0.863. The number of nitrogens with one attached hydrogen (secondary N) is 1. The average molecular weight is 344 g/mol. The Morgan fingerprint density at radius 2 is 2.25 bits per heavy atom. The molecule has 1 aliphatic rings. The molecule has 2 rings (SSSR count). The second kappa shape index (κ2) is 7.57. The van der Waals surface area contributed by atoms with E-state index in [0.717, 1.165) is 38.1 Å². The SMILES string of the molecule is CCNC(Cc1c(Br)c(CC)nn1C)C1CCCCO1. The summed E-state index contributed by atoms with van der Waals surface area (Å²) in [5.41, 5.74) is 2.41. The molecule has 1 fully saturated rings. The molecule has 4 nitrogen and oxygen atoms in total. The van der Waals surface area contributed by atoms with Crippen LogP contribution in [-0.2, 0) is 24.6 Å². The van der Waals surface area contributed by atoms with Crippen molar-refractivity contribution in [2.24, 2.45) is 7.05 Å². The molecular weight excluding hydrogens is 318 g/mol. The third-order valence-electron chi connectivity index (χ3n) is 4.05. The third kappa shape index (κ3) is 3.62. The molecule has 1 N–H and O–H groups in total. The Morgan fingerprint density at radius 3 is 2.80 bits per heavy atom. The Bertz CT molecular complexity index is 427. The van der Waals surface area contributed by atoms with Crippen LogP contribution in [-0.4, -0.2) is 35.1 Å². The van der Waals surface area contributed by atoms with Gasteiger partial charge in [0.1, 0.15) is 0 Å². The summed E-state index contributed by atoms with van der Waals surface area (Å²) >= 11 is 3.71. The number of hydrogen-bond acceptors (Lipinski definition) is 3. The summed E-state index contributed by atoms with van der Waals surface area (Å²) in [5.74, 6) is 0. The minimum absolute atomic E-state index is 0.329. The molecule has 1 aliphatic heterocycles. The summed E-state index contributed by atoms with van der Waals surface area (Å²) in [4.78, 5) is 0. The monoisotopic (exact) mass is 343 g/mol. The number of hydrogen-bond donors (Lipinski definition) is 1. The first kappa shape index (κ1) is 16.0. The van der Waals surface area contributed by atoms with Crippen LogP contribution in [0.15, 0.2) is 4.47 Å². The standard InChI is InChI=1S/C15H26BrN3O/c1-4-11-15(16)13(19(3)18-11)10-12(17-5-2)14-8-6-7-9-20-14/h12,14,17H,4-10H2,1-3H3. The lowest BCUT2D eigenvalue weighted by atomic mass is 9.98. The predicted molar refractivity (Wildman–Crippen MR) is 85.0 cm³/mol. The molecule has 0 saturated carbocycles. The Labute approximate surface area is 130 Å². The van der Waals surface area contributed by atoms with Crippen molar-refractivity contribution in [3.63, 3.8) is 0 Å². The molecule has 0 spiro atoms. The van der Waals surface area contributed by atoms with Crippen molar-refractivity contribution in [1.82, 2.24) is 15.1 Å².